The molecule has 154 valence electrons. The Labute approximate surface area is 182 Å². The normalized spacial score (nSPS) is 16.4. The van der Waals surface area contributed by atoms with E-state index in [9.17, 15) is 4.79 Å². The summed E-state index contributed by atoms with van der Waals surface area (Å²) in [5.41, 5.74) is 1.86. The maximum Gasteiger partial charge on any atom is 0.268 e. The lowest BCUT2D eigenvalue weighted by Gasteiger charge is -2.26. The van der Waals surface area contributed by atoms with Crippen LogP contribution in [0.5, 0.6) is 0 Å². The number of thiophene rings is 1. The van der Waals surface area contributed by atoms with E-state index in [2.05, 4.69) is 30.6 Å². The lowest BCUT2D eigenvalue weighted by Crippen LogP contribution is -2.28. The van der Waals surface area contributed by atoms with Crippen LogP contribution in [0.15, 0.2) is 52.9 Å². The van der Waals surface area contributed by atoms with Crippen LogP contribution >= 0.6 is 23.1 Å². The molecule has 0 unspecified atom stereocenters. The fourth-order valence-electron chi connectivity index (χ4n) is 3.90. The first-order valence-corrected chi connectivity index (χ1v) is 11.8. The van der Waals surface area contributed by atoms with Crippen LogP contribution in [0.1, 0.15) is 24.3 Å². The van der Waals surface area contributed by atoms with Gasteiger partial charge < -0.3 is 4.74 Å². The number of para-hydroxylation sites is 1. The Morgan fingerprint density at radius 1 is 1.33 bits per heavy atom. The second-order valence-electron chi connectivity index (χ2n) is 7.68. The van der Waals surface area contributed by atoms with E-state index in [1.807, 2.05) is 40.8 Å². The van der Waals surface area contributed by atoms with Crippen LogP contribution < -0.4 is 5.56 Å². The summed E-state index contributed by atoms with van der Waals surface area (Å²) in [6.07, 6.45) is 2.71. The lowest BCUT2D eigenvalue weighted by molar-refractivity contribution is 0.00200. The molecule has 0 saturated carbocycles. The highest BCUT2D eigenvalue weighted by molar-refractivity contribution is 7.99. The molecule has 0 amide bonds. The van der Waals surface area contributed by atoms with Crippen LogP contribution in [0.4, 0.5) is 0 Å². The topological polar surface area (TPSA) is 61.4 Å². The third-order valence-electron chi connectivity index (χ3n) is 5.43. The van der Waals surface area contributed by atoms with E-state index < -0.39 is 0 Å². The molecule has 1 aliphatic heterocycles. The monoisotopic (exact) mass is 438 g/mol. The highest BCUT2D eigenvalue weighted by Crippen LogP contribution is 2.37. The maximum absolute atomic E-state index is 13.8. The van der Waals surface area contributed by atoms with Crippen molar-refractivity contribution in [3.05, 3.63) is 63.8 Å². The Balaban J connectivity index is 1.86. The smallest absolute Gasteiger partial charge is 0.268 e. The Hall–Kier alpha value is -2.42. The zero-order valence-corrected chi connectivity index (χ0v) is 18.5. The van der Waals surface area contributed by atoms with E-state index in [-0.39, 0.29) is 11.7 Å². The number of aromatic nitrogens is 4. The van der Waals surface area contributed by atoms with E-state index >= 15 is 0 Å². The summed E-state index contributed by atoms with van der Waals surface area (Å²) in [6, 6.07) is 9.65. The van der Waals surface area contributed by atoms with Crippen molar-refractivity contribution in [2.24, 2.45) is 5.92 Å². The van der Waals surface area contributed by atoms with Gasteiger partial charge >= 0.3 is 0 Å². The molecular weight excluding hydrogens is 416 g/mol. The van der Waals surface area contributed by atoms with Gasteiger partial charge in [-0.1, -0.05) is 49.9 Å². The molecule has 0 radical (unpaired) electrons. The summed E-state index contributed by atoms with van der Waals surface area (Å²) >= 11 is 3.18. The van der Waals surface area contributed by atoms with Gasteiger partial charge in [0.2, 0.25) is 5.78 Å². The van der Waals surface area contributed by atoms with Gasteiger partial charge in [-0.25, -0.2) is 8.97 Å². The third-order valence-corrected chi connectivity index (χ3v) is 7.55. The molecule has 0 bridgehead atoms. The molecule has 1 aromatic carbocycles. The van der Waals surface area contributed by atoms with Crippen molar-refractivity contribution in [3.8, 4) is 5.69 Å². The zero-order chi connectivity index (χ0) is 20.8. The van der Waals surface area contributed by atoms with Crippen LogP contribution in [-0.2, 0) is 17.8 Å². The molecule has 0 aliphatic carbocycles. The van der Waals surface area contributed by atoms with Gasteiger partial charge in [0.15, 0.2) is 5.16 Å². The first-order valence-electron chi connectivity index (χ1n) is 9.95. The van der Waals surface area contributed by atoms with Gasteiger partial charge in [0.25, 0.3) is 5.56 Å². The summed E-state index contributed by atoms with van der Waals surface area (Å²) in [7, 11) is 0. The number of ether oxygens (including phenoxy) is 1. The third kappa shape index (κ3) is 3.02. The second kappa shape index (κ2) is 7.68. The summed E-state index contributed by atoms with van der Waals surface area (Å²) < 4.78 is 9.78. The molecule has 3 aromatic heterocycles. The van der Waals surface area contributed by atoms with Crippen LogP contribution in [0.3, 0.4) is 0 Å². The molecule has 0 spiro atoms. The molecule has 0 saturated heterocycles. The van der Waals surface area contributed by atoms with Gasteiger partial charge in [0.1, 0.15) is 4.83 Å². The fraction of sp³-hybridized carbons (Fsp3) is 0.318. The van der Waals surface area contributed by atoms with Gasteiger partial charge in [0.05, 0.1) is 23.8 Å². The molecule has 1 aliphatic rings. The number of benzene rings is 1. The van der Waals surface area contributed by atoms with Gasteiger partial charge in [-0.2, -0.15) is 0 Å². The number of nitrogens with zero attached hydrogens (tertiary/aromatic N) is 4. The number of rotatable bonds is 5. The molecule has 30 heavy (non-hydrogen) atoms. The van der Waals surface area contributed by atoms with Crippen LogP contribution in [0.2, 0.25) is 0 Å². The molecule has 1 atom stereocenters. The zero-order valence-electron chi connectivity index (χ0n) is 16.9. The van der Waals surface area contributed by atoms with Crippen molar-refractivity contribution < 1.29 is 4.74 Å². The highest BCUT2D eigenvalue weighted by Gasteiger charge is 2.30. The van der Waals surface area contributed by atoms with Crippen molar-refractivity contribution in [3.63, 3.8) is 0 Å². The van der Waals surface area contributed by atoms with Crippen LogP contribution in [0, 0.1) is 5.92 Å². The Bertz CT molecular complexity index is 1300. The quantitative estimate of drug-likeness (QED) is 0.340. The Morgan fingerprint density at radius 2 is 2.13 bits per heavy atom. The van der Waals surface area contributed by atoms with Crippen molar-refractivity contribution >= 4 is 39.1 Å². The minimum atomic E-state index is -0.0433. The highest BCUT2D eigenvalue weighted by atomic mass is 32.2. The average molecular weight is 439 g/mol. The molecule has 4 heterocycles. The molecule has 4 aromatic rings. The van der Waals surface area contributed by atoms with E-state index in [4.69, 9.17) is 4.74 Å². The van der Waals surface area contributed by atoms with E-state index in [1.54, 1.807) is 27.7 Å². The van der Waals surface area contributed by atoms with Crippen molar-refractivity contribution in [2.75, 3.05) is 5.75 Å². The number of hydrogen-bond acceptors (Lipinski definition) is 6. The minimum Gasteiger partial charge on any atom is -0.372 e. The van der Waals surface area contributed by atoms with Crippen molar-refractivity contribution in [2.45, 2.75) is 38.1 Å². The minimum absolute atomic E-state index is 0.0433. The van der Waals surface area contributed by atoms with Gasteiger partial charge in [-0.3, -0.25) is 4.79 Å². The fourth-order valence-corrected chi connectivity index (χ4v) is 5.87. The van der Waals surface area contributed by atoms with Gasteiger partial charge in [-0.05, 0) is 23.6 Å². The average Bonchev–Trinajstić information content (AvgIpc) is 3.34. The van der Waals surface area contributed by atoms with Crippen LogP contribution in [0.25, 0.3) is 21.7 Å². The maximum atomic E-state index is 13.8. The molecule has 5 rings (SSSR count). The van der Waals surface area contributed by atoms with Crippen molar-refractivity contribution in [1.29, 1.82) is 0 Å². The Kier molecular flexibility index (Phi) is 5.00. The molecule has 0 fully saturated rings. The van der Waals surface area contributed by atoms with Crippen LogP contribution in [-0.4, -0.2) is 31.0 Å². The predicted octanol–water partition coefficient (Wildman–Crippen LogP) is 4.47. The predicted molar refractivity (Wildman–Crippen MR) is 122 cm³/mol. The first-order chi connectivity index (χ1) is 14.6. The molecule has 0 N–H and O–H groups in total. The van der Waals surface area contributed by atoms with Gasteiger partial charge in [-0.15, -0.1) is 28.1 Å². The van der Waals surface area contributed by atoms with Crippen molar-refractivity contribution in [1.82, 2.24) is 19.2 Å². The largest absolute Gasteiger partial charge is 0.372 e. The number of thioether (sulfide) groups is 1. The SMILES string of the molecule is C=CCSc1nnc2n(-c3ccccc3)c(=O)c3c4c(sc3n12)CO[C@H](C(C)C)C4. The number of hydrogen-bond donors (Lipinski definition) is 0. The molecule has 8 heteroatoms. The van der Waals surface area contributed by atoms with Gasteiger partial charge in [0, 0.05) is 17.1 Å². The lowest BCUT2D eigenvalue weighted by atomic mass is 9.96. The summed E-state index contributed by atoms with van der Waals surface area (Å²) in [6.45, 7) is 8.68. The standard InChI is InChI=1S/C22H22N4O2S2/c1-4-10-29-22-24-23-21-25(14-8-6-5-7-9-14)19(27)18-15-11-16(13(2)3)28-12-17(15)30-20(18)26(21)22/h4-9,13,16H,1,10-12H2,2-3H3/t16-/m0/s1. The Morgan fingerprint density at radius 3 is 2.87 bits per heavy atom. The van der Waals surface area contributed by atoms with E-state index in [0.717, 1.165) is 43.7 Å². The summed E-state index contributed by atoms with van der Waals surface area (Å²) in [5, 5.41) is 10.3. The van der Waals surface area contributed by atoms with E-state index in [1.165, 1.54) is 0 Å². The molecular formula is C22H22N4O2S2. The summed E-state index contributed by atoms with van der Waals surface area (Å²) in [4.78, 5) is 15.8. The second-order valence-corrected chi connectivity index (χ2v) is 9.75. The molecule has 6 nitrogen and oxygen atoms in total. The summed E-state index contributed by atoms with van der Waals surface area (Å²) in [5.74, 6) is 1.64. The van der Waals surface area contributed by atoms with E-state index in [0.29, 0.717) is 18.3 Å². The first kappa shape index (κ1) is 19.5. The number of fused-ring (bicyclic) bond motifs is 5.